The summed E-state index contributed by atoms with van der Waals surface area (Å²) in [5, 5.41) is 12.3. The van der Waals surface area contributed by atoms with E-state index in [0.717, 1.165) is 63.1 Å². The van der Waals surface area contributed by atoms with Gasteiger partial charge in [-0.1, -0.05) is 12.8 Å². The van der Waals surface area contributed by atoms with Crippen molar-refractivity contribution in [2.75, 3.05) is 24.5 Å². The van der Waals surface area contributed by atoms with Crippen molar-refractivity contribution in [3.63, 3.8) is 0 Å². The zero-order chi connectivity index (χ0) is 23.0. The number of hydrogen-bond acceptors (Lipinski definition) is 5. The molecule has 0 spiro atoms. The molecule has 3 atom stereocenters. The van der Waals surface area contributed by atoms with Crippen molar-refractivity contribution >= 4 is 17.5 Å². The number of anilines is 1. The number of nitrogens with one attached hydrogen (secondary N) is 1. The van der Waals surface area contributed by atoms with Crippen molar-refractivity contribution in [1.29, 1.82) is 5.26 Å². The van der Waals surface area contributed by atoms with Crippen molar-refractivity contribution in [2.24, 2.45) is 11.8 Å². The molecule has 1 N–H and O–H groups in total. The minimum atomic E-state index is -0.680. The van der Waals surface area contributed by atoms with E-state index in [4.69, 9.17) is 4.74 Å². The van der Waals surface area contributed by atoms with E-state index in [1.807, 2.05) is 17.0 Å². The van der Waals surface area contributed by atoms with Gasteiger partial charge < -0.3 is 19.9 Å². The highest BCUT2D eigenvalue weighted by Gasteiger charge is 2.48. The molecule has 4 aliphatic rings. The molecule has 1 aromatic carbocycles. The molecule has 5 rings (SSSR count). The van der Waals surface area contributed by atoms with Crippen LogP contribution >= 0.6 is 0 Å². The van der Waals surface area contributed by atoms with Crippen LogP contribution in [0.25, 0.3) is 0 Å². The van der Waals surface area contributed by atoms with Gasteiger partial charge in [0.05, 0.1) is 12.2 Å². The highest BCUT2D eigenvalue weighted by Crippen LogP contribution is 2.38. The van der Waals surface area contributed by atoms with Crippen molar-refractivity contribution in [3.05, 3.63) is 24.3 Å². The van der Waals surface area contributed by atoms with Crippen LogP contribution < -0.4 is 15.0 Å². The Morgan fingerprint density at radius 1 is 1.06 bits per heavy atom. The number of piperazine rings is 1. The summed E-state index contributed by atoms with van der Waals surface area (Å²) in [7, 11) is 0. The zero-order valence-corrected chi connectivity index (χ0v) is 19.5. The van der Waals surface area contributed by atoms with Gasteiger partial charge in [-0.15, -0.1) is 0 Å². The summed E-state index contributed by atoms with van der Waals surface area (Å²) in [5.41, 5.74) is 0.471. The van der Waals surface area contributed by atoms with Crippen molar-refractivity contribution < 1.29 is 14.3 Å². The summed E-state index contributed by atoms with van der Waals surface area (Å²) in [6.45, 7) is 4.31. The van der Waals surface area contributed by atoms with Crippen molar-refractivity contribution in [1.82, 2.24) is 10.2 Å². The van der Waals surface area contributed by atoms with Gasteiger partial charge in [0.25, 0.3) is 0 Å². The average molecular weight is 451 g/mol. The van der Waals surface area contributed by atoms with Crippen LogP contribution in [-0.2, 0) is 9.59 Å². The number of nitriles is 1. The lowest BCUT2D eigenvalue weighted by atomic mass is 9.77. The molecular formula is C26H34N4O3. The largest absolute Gasteiger partial charge is 0.490 e. The van der Waals surface area contributed by atoms with E-state index in [-0.39, 0.29) is 29.7 Å². The number of ether oxygens (including phenoxy) is 1. The topological polar surface area (TPSA) is 85.7 Å². The summed E-state index contributed by atoms with van der Waals surface area (Å²) in [4.78, 5) is 30.9. The predicted octanol–water partition coefficient (Wildman–Crippen LogP) is 3.24. The van der Waals surface area contributed by atoms with E-state index in [0.29, 0.717) is 25.5 Å². The smallest absolute Gasteiger partial charge is 0.226 e. The third kappa shape index (κ3) is 4.80. The molecule has 3 saturated carbocycles. The molecule has 7 heteroatoms. The van der Waals surface area contributed by atoms with Gasteiger partial charge in [-0.2, -0.15) is 5.26 Å². The van der Waals surface area contributed by atoms with Gasteiger partial charge in [-0.3, -0.25) is 9.59 Å². The Bertz CT molecular complexity index is 932. The minimum Gasteiger partial charge on any atom is -0.490 e. The molecule has 0 unspecified atom stereocenters. The van der Waals surface area contributed by atoms with E-state index in [1.165, 1.54) is 0 Å². The lowest BCUT2D eigenvalue weighted by molar-refractivity contribution is -0.145. The number of hydrogen-bond donors (Lipinski definition) is 1. The van der Waals surface area contributed by atoms with Crippen LogP contribution in [0.4, 0.5) is 5.69 Å². The summed E-state index contributed by atoms with van der Waals surface area (Å²) >= 11 is 0. The summed E-state index contributed by atoms with van der Waals surface area (Å²) in [5.74, 6) is 0.334. The van der Waals surface area contributed by atoms with E-state index in [2.05, 4.69) is 35.3 Å². The Hall–Kier alpha value is -2.75. The maximum absolute atomic E-state index is 13.6. The van der Waals surface area contributed by atoms with Crippen molar-refractivity contribution in [2.45, 2.75) is 76.0 Å². The van der Waals surface area contributed by atoms with Gasteiger partial charge in [0.2, 0.25) is 11.8 Å². The van der Waals surface area contributed by atoms with Gasteiger partial charge in [0.15, 0.2) is 0 Å². The fraction of sp³-hybridized carbons (Fsp3) is 0.654. The molecule has 1 aliphatic heterocycles. The van der Waals surface area contributed by atoms with Crippen LogP contribution in [0.15, 0.2) is 24.3 Å². The quantitative estimate of drug-likeness (QED) is 0.719. The summed E-state index contributed by atoms with van der Waals surface area (Å²) < 4.78 is 5.85. The lowest BCUT2D eigenvalue weighted by Crippen LogP contribution is -2.57. The van der Waals surface area contributed by atoms with E-state index < -0.39 is 5.54 Å². The second-order valence-corrected chi connectivity index (χ2v) is 10.3. The number of benzene rings is 1. The molecule has 4 fully saturated rings. The highest BCUT2D eigenvalue weighted by atomic mass is 16.5. The van der Waals surface area contributed by atoms with Gasteiger partial charge in [0.1, 0.15) is 11.3 Å². The Morgan fingerprint density at radius 3 is 2.36 bits per heavy atom. The molecule has 1 saturated heterocycles. The van der Waals surface area contributed by atoms with Crippen LogP contribution in [0.3, 0.4) is 0 Å². The van der Waals surface area contributed by atoms with Gasteiger partial charge in [0, 0.05) is 43.2 Å². The first-order valence-electron chi connectivity index (χ1n) is 12.5. The molecule has 1 heterocycles. The Labute approximate surface area is 196 Å². The normalized spacial score (nSPS) is 28.5. The predicted molar refractivity (Wildman–Crippen MR) is 125 cm³/mol. The molecule has 0 aromatic heterocycles. The summed E-state index contributed by atoms with van der Waals surface area (Å²) in [6, 6.07) is 10.6. The van der Waals surface area contributed by atoms with Crippen LogP contribution in [0, 0.1) is 23.2 Å². The number of nitrogens with zero attached hydrogens (tertiary/aromatic N) is 3. The first-order valence-corrected chi connectivity index (χ1v) is 12.5. The molecule has 176 valence electrons. The molecule has 33 heavy (non-hydrogen) atoms. The van der Waals surface area contributed by atoms with E-state index in [9.17, 15) is 14.9 Å². The second-order valence-electron chi connectivity index (χ2n) is 10.3. The number of carbonyl (C=O) groups excluding carboxylic acids is 2. The standard InChI is InChI=1S/C26H34N4O3/c1-18-16-29(19-6-8-20(9-7-19)33-21-10-11-21)14-15-30(18)25(32)23-5-3-2-4-22(23)24(31)28-26(17-27)12-13-26/h6-9,18,21-23H,2-5,10-16H2,1H3,(H,28,31)/t18-,22-,23-/m1/s1. The van der Waals surface area contributed by atoms with Crippen molar-refractivity contribution in [3.8, 4) is 11.8 Å². The van der Waals surface area contributed by atoms with Gasteiger partial charge in [-0.25, -0.2) is 0 Å². The van der Waals surface area contributed by atoms with Gasteiger partial charge >= 0.3 is 0 Å². The molecule has 2 amide bonds. The lowest BCUT2D eigenvalue weighted by Gasteiger charge is -2.43. The first kappa shape index (κ1) is 22.1. The molecule has 7 nitrogen and oxygen atoms in total. The average Bonchev–Trinajstić information content (AvgIpc) is 3.77. The third-order valence-corrected chi connectivity index (χ3v) is 7.69. The Morgan fingerprint density at radius 2 is 1.76 bits per heavy atom. The van der Waals surface area contributed by atoms with Crippen LogP contribution in [0.2, 0.25) is 0 Å². The molecule has 3 aliphatic carbocycles. The summed E-state index contributed by atoms with van der Waals surface area (Å²) in [6.07, 6.45) is 7.56. The monoisotopic (exact) mass is 450 g/mol. The van der Waals surface area contributed by atoms with E-state index >= 15 is 0 Å². The SMILES string of the molecule is C[C@@H]1CN(c2ccc(OC3CC3)cc2)CCN1C(=O)[C@@H]1CCCC[C@H]1C(=O)NC1(C#N)CC1. The van der Waals surface area contributed by atoms with E-state index in [1.54, 1.807) is 0 Å². The maximum atomic E-state index is 13.6. The van der Waals surface area contributed by atoms with Crippen LogP contribution in [-0.4, -0.2) is 54.0 Å². The molecule has 1 aromatic rings. The third-order valence-electron chi connectivity index (χ3n) is 7.69. The molecule has 0 radical (unpaired) electrons. The Balaban J connectivity index is 1.20. The molecular weight excluding hydrogens is 416 g/mol. The van der Waals surface area contributed by atoms with Gasteiger partial charge in [-0.05, 0) is 69.7 Å². The zero-order valence-electron chi connectivity index (χ0n) is 19.5. The number of rotatable bonds is 6. The number of carbonyl (C=O) groups is 2. The number of amides is 2. The highest BCUT2D eigenvalue weighted by molar-refractivity contribution is 5.89. The second kappa shape index (κ2) is 8.89. The Kier molecular flexibility index (Phi) is 5.94. The van der Waals surface area contributed by atoms with Crippen LogP contribution in [0.5, 0.6) is 5.75 Å². The first-order chi connectivity index (χ1) is 16.0. The maximum Gasteiger partial charge on any atom is 0.226 e. The minimum absolute atomic E-state index is 0.0770. The fourth-order valence-corrected chi connectivity index (χ4v) is 5.30. The van der Waals surface area contributed by atoms with Crippen LogP contribution in [0.1, 0.15) is 58.3 Å². The molecule has 0 bridgehead atoms. The fourth-order valence-electron chi connectivity index (χ4n) is 5.30.